The van der Waals surface area contributed by atoms with Gasteiger partial charge in [-0.3, -0.25) is 18.6 Å². The van der Waals surface area contributed by atoms with Gasteiger partial charge in [-0.1, -0.05) is 132 Å². The highest BCUT2D eigenvalue weighted by atomic mass is 31.2. The Morgan fingerprint density at radius 1 is 0.547 bits per heavy atom. The molecule has 15 heteroatoms. The van der Waals surface area contributed by atoms with Crippen LogP contribution in [0.25, 0.3) is 0 Å². The van der Waals surface area contributed by atoms with E-state index in [1.54, 1.807) is 0 Å². The lowest BCUT2D eigenvalue weighted by Gasteiger charge is -2.41. The number of aliphatic hydroxyl groups excluding tert-OH is 5. The van der Waals surface area contributed by atoms with Crippen LogP contribution in [-0.4, -0.2) is 111 Å². The molecule has 2 fully saturated rings. The monoisotopic (exact) mass is 927 g/mol. The fraction of sp³-hybridized carbons (Fsp3) is 0.755. The lowest BCUT2D eigenvalue weighted by atomic mass is 9.85. The molecule has 64 heavy (non-hydrogen) atoms. The molecule has 0 amide bonds. The number of phosphoric ester groups is 1. The van der Waals surface area contributed by atoms with Gasteiger partial charge in [0.05, 0.1) is 18.8 Å². The first-order chi connectivity index (χ1) is 30.9. The van der Waals surface area contributed by atoms with Crippen LogP contribution in [0.15, 0.2) is 60.8 Å². The molecule has 0 radical (unpaired) electrons. The highest BCUT2D eigenvalue weighted by Gasteiger charge is 2.51. The van der Waals surface area contributed by atoms with E-state index in [2.05, 4.69) is 62.5 Å². The molecule has 0 aromatic rings. The number of carbonyl (C=O) groups excluding carboxylic acids is 2. The largest absolute Gasteiger partial charge is 0.472 e. The molecule has 0 bridgehead atoms. The standard InChI is InChI=1S/C49H83O14P/c1-3-5-7-9-11-13-14-15-16-17-18-19-20-22-24-26-32-36-43(51)61-39(38-60-64(57,58)63-49-47(55)45(53)44(52)46(54)48(49)56)37-59-42(50)35-31-28-27-30-34-41-40(62-41)33-29-25-23-21-12-10-8-6-4-2/h11-13,15-16,21,25,27,29-30,39-41,44-49,52-56H,3-10,14,17-20,22-24,26,28,31-38H2,1-2H3,(H,57,58)/b13-11-,16-15-,21-12-,29-25-,30-27-/t39-,40?,41?,44?,45-,46+,47-,48-,49?/m1/s1. The highest BCUT2D eigenvalue weighted by molar-refractivity contribution is 7.47. The van der Waals surface area contributed by atoms with E-state index in [4.69, 9.17) is 23.3 Å². The van der Waals surface area contributed by atoms with E-state index in [1.807, 2.05) is 12.2 Å². The molecule has 1 saturated carbocycles. The third-order valence-electron chi connectivity index (χ3n) is 11.2. The third-order valence-corrected chi connectivity index (χ3v) is 12.2. The Labute approximate surface area is 383 Å². The van der Waals surface area contributed by atoms with Crippen LogP contribution in [0, 0.1) is 0 Å². The predicted octanol–water partition coefficient (Wildman–Crippen LogP) is 8.71. The van der Waals surface area contributed by atoms with Crippen LogP contribution in [0.3, 0.4) is 0 Å². The SMILES string of the molecule is CCCCC/C=C\C/C=C\CCCCCCCCCC(=O)O[C@H](COC(=O)CCC/C=C\CC1OC1C/C=C\C/C=C\CCCCC)COP(=O)(O)OC1[C@H](O)[C@H](O)C(O)[C@H](O)[C@H]1O. The second kappa shape index (κ2) is 35.7. The summed E-state index contributed by atoms with van der Waals surface area (Å²) >= 11 is 0. The van der Waals surface area contributed by atoms with Gasteiger partial charge in [-0.05, 0) is 83.5 Å². The van der Waals surface area contributed by atoms with Crippen molar-refractivity contribution in [1.29, 1.82) is 0 Å². The van der Waals surface area contributed by atoms with Gasteiger partial charge in [0.15, 0.2) is 6.10 Å². The number of epoxide rings is 1. The number of rotatable bonds is 38. The van der Waals surface area contributed by atoms with E-state index >= 15 is 0 Å². The number of aliphatic hydroxyl groups is 5. The van der Waals surface area contributed by atoms with Crippen molar-refractivity contribution in [3.05, 3.63) is 60.8 Å². The van der Waals surface area contributed by atoms with Crippen molar-refractivity contribution in [2.24, 2.45) is 0 Å². The van der Waals surface area contributed by atoms with Crippen LogP contribution < -0.4 is 0 Å². The van der Waals surface area contributed by atoms with Crippen LogP contribution in [0.4, 0.5) is 0 Å². The van der Waals surface area contributed by atoms with E-state index in [9.17, 15) is 44.6 Å². The molecule has 1 heterocycles. The zero-order valence-corrected chi connectivity index (χ0v) is 39.6. The van der Waals surface area contributed by atoms with Crippen LogP contribution in [0.2, 0.25) is 0 Å². The summed E-state index contributed by atoms with van der Waals surface area (Å²) < 4.78 is 39.3. The zero-order valence-electron chi connectivity index (χ0n) is 38.8. The average molecular weight is 927 g/mol. The van der Waals surface area contributed by atoms with Crippen molar-refractivity contribution in [2.45, 2.75) is 223 Å². The zero-order chi connectivity index (χ0) is 46.8. The Morgan fingerprint density at radius 3 is 1.55 bits per heavy atom. The minimum Gasteiger partial charge on any atom is -0.462 e. The molecule has 2 rings (SSSR count). The number of esters is 2. The maximum atomic E-state index is 12.8. The number of unbranched alkanes of at least 4 members (excludes halogenated alkanes) is 14. The van der Waals surface area contributed by atoms with Gasteiger partial charge in [-0.25, -0.2) is 4.57 Å². The lowest BCUT2D eigenvalue weighted by molar-refractivity contribution is -0.220. The summed E-state index contributed by atoms with van der Waals surface area (Å²) in [7, 11) is -5.14. The molecule has 6 N–H and O–H groups in total. The molecule has 2 aliphatic rings. The highest BCUT2D eigenvalue weighted by Crippen LogP contribution is 2.47. The molecule has 1 aliphatic heterocycles. The second-order valence-corrected chi connectivity index (χ2v) is 18.4. The van der Waals surface area contributed by atoms with Gasteiger partial charge >= 0.3 is 19.8 Å². The fourth-order valence-corrected chi connectivity index (χ4v) is 8.15. The third kappa shape index (κ3) is 27.2. The van der Waals surface area contributed by atoms with Crippen molar-refractivity contribution in [2.75, 3.05) is 13.2 Å². The van der Waals surface area contributed by atoms with Gasteiger partial charge < -0.3 is 44.6 Å². The summed E-state index contributed by atoms with van der Waals surface area (Å²) in [6.45, 7) is 3.18. The van der Waals surface area contributed by atoms with Crippen LogP contribution >= 0.6 is 7.82 Å². The molecule has 5 unspecified atom stereocenters. The number of hydrogen-bond acceptors (Lipinski definition) is 13. The number of carbonyl (C=O) groups is 2. The van der Waals surface area contributed by atoms with Crippen LogP contribution in [0.5, 0.6) is 0 Å². The first-order valence-electron chi connectivity index (χ1n) is 24.2. The van der Waals surface area contributed by atoms with E-state index in [-0.39, 0.29) is 25.0 Å². The maximum absolute atomic E-state index is 12.8. The maximum Gasteiger partial charge on any atom is 0.472 e. The molecule has 1 aliphatic carbocycles. The first-order valence-corrected chi connectivity index (χ1v) is 25.7. The minimum atomic E-state index is -5.14. The molecular weight excluding hydrogens is 843 g/mol. The van der Waals surface area contributed by atoms with Gasteiger partial charge in [-0.15, -0.1) is 0 Å². The number of allylic oxidation sites excluding steroid dienone is 8. The molecule has 0 aromatic carbocycles. The molecule has 0 spiro atoms. The molecule has 10 atom stereocenters. The van der Waals surface area contributed by atoms with Crippen LogP contribution in [-0.2, 0) is 37.4 Å². The van der Waals surface area contributed by atoms with E-state index in [1.165, 1.54) is 38.5 Å². The van der Waals surface area contributed by atoms with Gasteiger partial charge in [0.2, 0.25) is 0 Å². The Bertz CT molecular complexity index is 1420. The first kappa shape index (κ1) is 57.6. The molecule has 14 nitrogen and oxygen atoms in total. The van der Waals surface area contributed by atoms with Gasteiger partial charge in [0.1, 0.15) is 43.2 Å². The van der Waals surface area contributed by atoms with E-state index < -0.39 is 75.7 Å². The molecular formula is C49H83O14P. The summed E-state index contributed by atoms with van der Waals surface area (Å²) in [6.07, 6.45) is 31.5. The lowest BCUT2D eigenvalue weighted by Crippen LogP contribution is -2.64. The topological polar surface area (TPSA) is 222 Å². The van der Waals surface area contributed by atoms with E-state index in [0.29, 0.717) is 19.3 Å². The smallest absolute Gasteiger partial charge is 0.462 e. The van der Waals surface area contributed by atoms with Gasteiger partial charge in [0.25, 0.3) is 0 Å². The quantitative estimate of drug-likeness (QED) is 0.0112. The average Bonchev–Trinajstić information content (AvgIpc) is 4.04. The van der Waals surface area contributed by atoms with Crippen molar-refractivity contribution >= 4 is 19.8 Å². The Hall–Kier alpha value is -2.49. The normalized spacial score (nSPS) is 25.2. The number of hydrogen-bond donors (Lipinski definition) is 6. The van der Waals surface area contributed by atoms with E-state index in [0.717, 1.165) is 83.5 Å². The Balaban J connectivity index is 1.72. The van der Waals surface area contributed by atoms with Crippen molar-refractivity contribution < 1.29 is 67.8 Å². The van der Waals surface area contributed by atoms with Crippen molar-refractivity contribution in [3.63, 3.8) is 0 Å². The fourth-order valence-electron chi connectivity index (χ4n) is 7.17. The minimum absolute atomic E-state index is 0.0701. The Kier molecular flexibility index (Phi) is 32.1. The van der Waals surface area contributed by atoms with Gasteiger partial charge in [-0.2, -0.15) is 0 Å². The summed E-state index contributed by atoms with van der Waals surface area (Å²) in [5, 5.41) is 50.2. The molecule has 0 aromatic heterocycles. The summed E-state index contributed by atoms with van der Waals surface area (Å²) in [5.74, 6) is -1.19. The summed E-state index contributed by atoms with van der Waals surface area (Å²) in [6, 6.07) is 0. The predicted molar refractivity (Wildman–Crippen MR) is 248 cm³/mol. The second-order valence-electron chi connectivity index (χ2n) is 17.0. The van der Waals surface area contributed by atoms with Gasteiger partial charge in [0, 0.05) is 12.8 Å². The number of phosphoric acid groups is 1. The molecule has 1 saturated heterocycles. The van der Waals surface area contributed by atoms with Crippen LogP contribution in [0.1, 0.15) is 168 Å². The summed E-state index contributed by atoms with van der Waals surface area (Å²) in [4.78, 5) is 35.8. The van der Waals surface area contributed by atoms with Crippen molar-refractivity contribution in [1.82, 2.24) is 0 Å². The Morgan fingerprint density at radius 2 is 0.984 bits per heavy atom. The molecule has 368 valence electrons. The van der Waals surface area contributed by atoms with Crippen molar-refractivity contribution in [3.8, 4) is 0 Å². The number of ether oxygens (including phenoxy) is 3. The summed E-state index contributed by atoms with van der Waals surface area (Å²) in [5.41, 5.74) is 0.